The number of para-hydroxylation sites is 1. The first-order valence-electron chi connectivity index (χ1n) is 8.68. The summed E-state index contributed by atoms with van der Waals surface area (Å²) in [7, 11) is -3.63. The van der Waals surface area contributed by atoms with E-state index in [4.69, 9.17) is 4.74 Å². The van der Waals surface area contributed by atoms with E-state index in [0.717, 1.165) is 21.7 Å². The van der Waals surface area contributed by atoms with Crippen molar-refractivity contribution in [2.24, 2.45) is 0 Å². The number of nitrogens with one attached hydrogen (secondary N) is 1. The van der Waals surface area contributed by atoms with Gasteiger partial charge in [-0.15, -0.1) is 0 Å². The molecule has 2 aromatic carbocycles. The molecule has 0 unspecified atom stereocenters. The molecule has 0 spiro atoms. The Morgan fingerprint density at radius 3 is 2.11 bits per heavy atom. The van der Waals surface area contributed by atoms with E-state index in [-0.39, 0.29) is 12.6 Å². The lowest BCUT2D eigenvalue weighted by Crippen LogP contribution is -2.37. The van der Waals surface area contributed by atoms with Crippen LogP contribution in [0.1, 0.15) is 25.0 Å². The van der Waals surface area contributed by atoms with Gasteiger partial charge in [-0.25, -0.2) is 8.42 Å². The minimum Gasteiger partial charge on any atom is -0.491 e. The summed E-state index contributed by atoms with van der Waals surface area (Å²) >= 11 is 0. The van der Waals surface area contributed by atoms with Gasteiger partial charge in [0.05, 0.1) is 18.0 Å². The molecule has 7 heteroatoms. The van der Waals surface area contributed by atoms with Crippen LogP contribution in [0.3, 0.4) is 0 Å². The summed E-state index contributed by atoms with van der Waals surface area (Å²) in [6.45, 7) is 7.30. The average molecular weight is 391 g/mol. The van der Waals surface area contributed by atoms with Crippen molar-refractivity contribution < 1.29 is 17.9 Å². The van der Waals surface area contributed by atoms with E-state index in [1.165, 1.54) is 0 Å². The molecule has 146 valence electrons. The first-order chi connectivity index (χ1) is 12.6. The topological polar surface area (TPSA) is 75.7 Å². The van der Waals surface area contributed by atoms with Crippen molar-refractivity contribution in [1.82, 2.24) is 0 Å². The highest BCUT2D eigenvalue weighted by molar-refractivity contribution is 7.92. The number of aryl methyl sites for hydroxylation is 2. The van der Waals surface area contributed by atoms with Crippen molar-refractivity contribution in [2.45, 2.75) is 33.8 Å². The molecule has 0 aliphatic carbocycles. The van der Waals surface area contributed by atoms with Crippen molar-refractivity contribution in [3.05, 3.63) is 53.6 Å². The number of benzene rings is 2. The van der Waals surface area contributed by atoms with Crippen LogP contribution in [0.2, 0.25) is 0 Å². The molecule has 0 aliphatic heterocycles. The van der Waals surface area contributed by atoms with Gasteiger partial charge in [0.15, 0.2) is 0 Å². The minimum atomic E-state index is -3.63. The van der Waals surface area contributed by atoms with E-state index in [1.807, 2.05) is 45.9 Å². The summed E-state index contributed by atoms with van der Waals surface area (Å²) in [5.74, 6) is 0.238. The lowest BCUT2D eigenvalue weighted by atomic mass is 10.1. The first-order valence-corrected chi connectivity index (χ1v) is 10.5. The summed E-state index contributed by atoms with van der Waals surface area (Å²) in [6, 6.07) is 12.3. The third-order valence-corrected chi connectivity index (χ3v) is 5.07. The lowest BCUT2D eigenvalue weighted by Gasteiger charge is -2.23. The molecule has 27 heavy (non-hydrogen) atoms. The second kappa shape index (κ2) is 8.43. The van der Waals surface area contributed by atoms with Crippen molar-refractivity contribution in [3.63, 3.8) is 0 Å². The van der Waals surface area contributed by atoms with Crippen LogP contribution in [0.5, 0.6) is 5.75 Å². The molecule has 2 rings (SSSR count). The smallest absolute Gasteiger partial charge is 0.245 e. The molecule has 0 atom stereocenters. The van der Waals surface area contributed by atoms with Crippen LogP contribution in [-0.4, -0.2) is 33.2 Å². The van der Waals surface area contributed by atoms with Gasteiger partial charge in [-0.3, -0.25) is 9.10 Å². The number of nitrogens with zero attached hydrogens (tertiary/aromatic N) is 1. The number of carbonyl (C=O) groups is 1. The quantitative estimate of drug-likeness (QED) is 0.785. The maximum atomic E-state index is 12.5. The van der Waals surface area contributed by atoms with E-state index in [1.54, 1.807) is 24.3 Å². The Kier molecular flexibility index (Phi) is 6.49. The molecule has 0 heterocycles. The highest BCUT2D eigenvalue weighted by atomic mass is 32.2. The van der Waals surface area contributed by atoms with E-state index >= 15 is 0 Å². The average Bonchev–Trinajstić information content (AvgIpc) is 2.55. The molecule has 1 amide bonds. The largest absolute Gasteiger partial charge is 0.491 e. The summed E-state index contributed by atoms with van der Waals surface area (Å²) in [4.78, 5) is 12.5. The van der Waals surface area contributed by atoms with Crippen LogP contribution in [-0.2, 0) is 14.8 Å². The number of anilines is 2. The highest BCUT2D eigenvalue weighted by Gasteiger charge is 2.21. The highest BCUT2D eigenvalue weighted by Crippen LogP contribution is 2.23. The second-order valence-electron chi connectivity index (χ2n) is 6.75. The number of amides is 1. The zero-order valence-corrected chi connectivity index (χ0v) is 17.1. The molecule has 0 saturated carbocycles. The van der Waals surface area contributed by atoms with Crippen LogP contribution < -0.4 is 14.4 Å². The number of rotatable bonds is 7. The van der Waals surface area contributed by atoms with Gasteiger partial charge in [0.25, 0.3) is 0 Å². The van der Waals surface area contributed by atoms with Gasteiger partial charge in [-0.05, 0) is 63.1 Å². The molecule has 2 aromatic rings. The van der Waals surface area contributed by atoms with Gasteiger partial charge in [0, 0.05) is 5.69 Å². The Morgan fingerprint density at radius 1 is 1.07 bits per heavy atom. The summed E-state index contributed by atoms with van der Waals surface area (Å²) in [5.41, 5.74) is 2.95. The molecule has 1 N–H and O–H groups in total. The number of sulfonamides is 1. The van der Waals surface area contributed by atoms with Crippen LogP contribution in [0, 0.1) is 13.8 Å². The Morgan fingerprint density at radius 2 is 1.63 bits per heavy atom. The van der Waals surface area contributed by atoms with Gasteiger partial charge in [-0.2, -0.15) is 0 Å². The van der Waals surface area contributed by atoms with Crippen LogP contribution in [0.25, 0.3) is 0 Å². The zero-order valence-electron chi connectivity index (χ0n) is 16.3. The van der Waals surface area contributed by atoms with Crippen molar-refractivity contribution in [2.75, 3.05) is 22.4 Å². The monoisotopic (exact) mass is 390 g/mol. The molecular weight excluding hydrogens is 364 g/mol. The van der Waals surface area contributed by atoms with Crippen molar-refractivity contribution in [3.8, 4) is 5.75 Å². The van der Waals surface area contributed by atoms with Gasteiger partial charge >= 0.3 is 0 Å². The predicted molar refractivity (Wildman–Crippen MR) is 109 cm³/mol. The molecule has 0 bridgehead atoms. The van der Waals surface area contributed by atoms with Crippen LogP contribution in [0.4, 0.5) is 11.4 Å². The molecular formula is C20H26N2O4S. The van der Waals surface area contributed by atoms with Crippen molar-refractivity contribution >= 4 is 27.3 Å². The third kappa shape index (κ3) is 5.72. The second-order valence-corrected chi connectivity index (χ2v) is 8.65. The van der Waals surface area contributed by atoms with Crippen molar-refractivity contribution in [1.29, 1.82) is 0 Å². The third-order valence-electron chi connectivity index (χ3n) is 3.93. The predicted octanol–water partition coefficient (Wildman–Crippen LogP) is 3.50. The Hall–Kier alpha value is -2.54. The fourth-order valence-electron chi connectivity index (χ4n) is 2.68. The number of ether oxygens (including phenoxy) is 1. The maximum absolute atomic E-state index is 12.5. The molecule has 0 fully saturated rings. The van der Waals surface area contributed by atoms with Crippen LogP contribution >= 0.6 is 0 Å². The lowest BCUT2D eigenvalue weighted by molar-refractivity contribution is -0.114. The van der Waals surface area contributed by atoms with E-state index in [9.17, 15) is 13.2 Å². The maximum Gasteiger partial charge on any atom is 0.245 e. The standard InChI is InChI=1S/C20H26N2O4S/c1-14(2)26-18-11-9-17(10-12-18)22(27(5,24)25)13-19(23)21-20-15(3)7-6-8-16(20)4/h6-12,14H,13H2,1-5H3,(H,21,23). The summed E-state index contributed by atoms with van der Waals surface area (Å²) in [5, 5.41) is 2.82. The molecule has 0 saturated heterocycles. The van der Waals surface area contributed by atoms with E-state index < -0.39 is 15.9 Å². The SMILES string of the molecule is Cc1cccc(C)c1NC(=O)CN(c1ccc(OC(C)C)cc1)S(C)(=O)=O. The van der Waals surface area contributed by atoms with Gasteiger partial charge < -0.3 is 10.1 Å². The van der Waals surface area contributed by atoms with Crippen LogP contribution in [0.15, 0.2) is 42.5 Å². The molecule has 6 nitrogen and oxygen atoms in total. The number of carbonyl (C=O) groups excluding carboxylic acids is 1. The number of hydrogen-bond acceptors (Lipinski definition) is 4. The number of hydrogen-bond donors (Lipinski definition) is 1. The Bertz CT molecular complexity index is 886. The van der Waals surface area contributed by atoms with E-state index in [0.29, 0.717) is 17.1 Å². The summed E-state index contributed by atoms with van der Waals surface area (Å²) in [6.07, 6.45) is 1.10. The van der Waals surface area contributed by atoms with Gasteiger partial charge in [0.1, 0.15) is 12.3 Å². The molecule has 0 aromatic heterocycles. The van der Waals surface area contributed by atoms with Gasteiger partial charge in [-0.1, -0.05) is 18.2 Å². The van der Waals surface area contributed by atoms with E-state index in [2.05, 4.69) is 5.32 Å². The fraction of sp³-hybridized carbons (Fsp3) is 0.350. The molecule has 0 aliphatic rings. The van der Waals surface area contributed by atoms with Gasteiger partial charge in [0.2, 0.25) is 15.9 Å². The normalized spacial score (nSPS) is 11.3. The fourth-order valence-corrected chi connectivity index (χ4v) is 3.54. The summed E-state index contributed by atoms with van der Waals surface area (Å²) < 4.78 is 31.1. The molecule has 0 radical (unpaired) electrons. The first kappa shape index (κ1) is 20.8. The zero-order chi connectivity index (χ0) is 20.2. The Balaban J connectivity index is 2.21. The Labute approximate surface area is 161 Å². The minimum absolute atomic E-state index is 0.0185.